The Balaban J connectivity index is 1.54. The van der Waals surface area contributed by atoms with Crippen LogP contribution in [0, 0.1) is 0 Å². The zero-order chi connectivity index (χ0) is 16.4. The van der Waals surface area contributed by atoms with Crippen LogP contribution in [0.25, 0.3) is 0 Å². The minimum Gasteiger partial charge on any atom is -0.344 e. The molecule has 0 saturated heterocycles. The molecule has 4 rings (SSSR count). The quantitative estimate of drug-likeness (QED) is 0.793. The van der Waals surface area contributed by atoms with Crippen molar-refractivity contribution in [3.63, 3.8) is 0 Å². The van der Waals surface area contributed by atoms with E-state index in [-0.39, 0.29) is 11.9 Å². The van der Waals surface area contributed by atoms with Crippen LogP contribution in [0.5, 0.6) is 0 Å². The number of hydrogen-bond acceptors (Lipinski definition) is 5. The van der Waals surface area contributed by atoms with Gasteiger partial charge in [0, 0.05) is 11.3 Å². The van der Waals surface area contributed by atoms with E-state index in [0.717, 1.165) is 43.1 Å². The lowest BCUT2D eigenvalue weighted by atomic mass is 9.93. The van der Waals surface area contributed by atoms with Crippen LogP contribution in [-0.2, 0) is 13.0 Å². The second kappa shape index (κ2) is 6.52. The molecule has 0 spiro atoms. The molecular formula is C17H17N5OS. The number of nitrogens with one attached hydrogen (secondary N) is 1. The largest absolute Gasteiger partial charge is 0.344 e. The third-order valence-electron chi connectivity index (χ3n) is 4.34. The van der Waals surface area contributed by atoms with Crippen molar-refractivity contribution >= 4 is 17.6 Å². The summed E-state index contributed by atoms with van der Waals surface area (Å²) in [5, 5.41) is 7.62. The van der Waals surface area contributed by atoms with Crippen LogP contribution in [0.4, 0.5) is 0 Å². The van der Waals surface area contributed by atoms with E-state index in [1.54, 1.807) is 0 Å². The maximum absolute atomic E-state index is 12.2. The topological polar surface area (TPSA) is 72.7 Å². The van der Waals surface area contributed by atoms with Crippen molar-refractivity contribution in [3.8, 4) is 0 Å². The minimum atomic E-state index is -0.169. The van der Waals surface area contributed by atoms with Gasteiger partial charge in [-0.2, -0.15) is 13.8 Å². The Hall–Kier alpha value is -2.54. The lowest BCUT2D eigenvalue weighted by Gasteiger charge is -2.24. The normalized spacial score (nSPS) is 16.6. The van der Waals surface area contributed by atoms with Gasteiger partial charge in [-0.1, -0.05) is 30.3 Å². The average molecular weight is 339 g/mol. The number of amides is 1. The zero-order valence-electron chi connectivity index (χ0n) is 13.1. The zero-order valence-corrected chi connectivity index (χ0v) is 13.9. The Morgan fingerprint density at radius 1 is 1.29 bits per heavy atom. The molecule has 1 aromatic carbocycles. The molecule has 2 heterocycles. The highest BCUT2D eigenvalue weighted by atomic mass is 32.1. The van der Waals surface area contributed by atoms with Crippen molar-refractivity contribution in [1.29, 1.82) is 0 Å². The minimum absolute atomic E-state index is 0.00697. The predicted molar refractivity (Wildman–Crippen MR) is 90.8 cm³/mol. The summed E-state index contributed by atoms with van der Waals surface area (Å²) in [6, 6.07) is 10.3. The van der Waals surface area contributed by atoms with Crippen LogP contribution < -0.4 is 5.32 Å². The molecule has 24 heavy (non-hydrogen) atoms. The lowest BCUT2D eigenvalue weighted by molar-refractivity contribution is 0.0928. The number of aromatic nitrogens is 4. The van der Waals surface area contributed by atoms with Gasteiger partial charge in [-0.15, -0.1) is 0 Å². The third-order valence-corrected chi connectivity index (χ3v) is 4.82. The van der Waals surface area contributed by atoms with Gasteiger partial charge < -0.3 is 5.32 Å². The number of carbonyl (C=O) groups excluding carboxylic acids is 1. The molecular weight excluding hydrogens is 322 g/mol. The Bertz CT molecular complexity index is 828. The Labute approximate surface area is 143 Å². The summed E-state index contributed by atoms with van der Waals surface area (Å²) in [7, 11) is 0. The van der Waals surface area contributed by atoms with Crippen molar-refractivity contribution < 1.29 is 4.79 Å². The summed E-state index contributed by atoms with van der Waals surface area (Å²) in [6.07, 6.45) is 6.35. The van der Waals surface area contributed by atoms with Crippen LogP contribution >= 0.6 is 11.7 Å². The van der Waals surface area contributed by atoms with E-state index < -0.39 is 0 Å². The Kier molecular flexibility index (Phi) is 4.08. The highest BCUT2D eigenvalue weighted by Crippen LogP contribution is 2.30. The van der Waals surface area contributed by atoms with Gasteiger partial charge in [0.25, 0.3) is 5.91 Å². The number of nitrogens with zero attached hydrogens (tertiary/aromatic N) is 4. The van der Waals surface area contributed by atoms with E-state index in [9.17, 15) is 4.79 Å². The summed E-state index contributed by atoms with van der Waals surface area (Å²) in [5.41, 5.74) is 3.94. The second-order valence-electron chi connectivity index (χ2n) is 5.90. The van der Waals surface area contributed by atoms with E-state index in [1.807, 2.05) is 29.1 Å². The summed E-state index contributed by atoms with van der Waals surface area (Å²) in [4.78, 5) is 12.2. The van der Waals surface area contributed by atoms with Gasteiger partial charge in [0.2, 0.25) is 0 Å². The number of fused-ring (bicyclic) bond motifs is 1. The van der Waals surface area contributed by atoms with Crippen molar-refractivity contribution in [2.24, 2.45) is 0 Å². The fourth-order valence-electron chi connectivity index (χ4n) is 3.16. The van der Waals surface area contributed by atoms with Gasteiger partial charge in [-0.25, -0.2) is 0 Å². The molecule has 0 saturated carbocycles. The maximum Gasteiger partial charge on any atom is 0.273 e. The van der Waals surface area contributed by atoms with Gasteiger partial charge in [0.1, 0.15) is 0 Å². The van der Waals surface area contributed by atoms with Crippen LogP contribution in [0.1, 0.15) is 46.2 Å². The van der Waals surface area contributed by atoms with Crippen LogP contribution in [0.3, 0.4) is 0 Å². The van der Waals surface area contributed by atoms with Gasteiger partial charge >= 0.3 is 0 Å². The van der Waals surface area contributed by atoms with Gasteiger partial charge in [0.05, 0.1) is 36.7 Å². The van der Waals surface area contributed by atoms with Crippen molar-refractivity contribution in [2.45, 2.75) is 31.8 Å². The fraction of sp³-hybridized carbons (Fsp3) is 0.294. The summed E-state index contributed by atoms with van der Waals surface area (Å²) >= 11 is 1.04. The number of rotatable bonds is 4. The molecule has 6 nitrogen and oxygen atoms in total. The van der Waals surface area contributed by atoms with Crippen LogP contribution in [0.2, 0.25) is 0 Å². The average Bonchev–Trinajstić information content (AvgIpc) is 3.27. The molecule has 3 aromatic rings. The first-order valence-corrected chi connectivity index (χ1v) is 8.71. The molecule has 7 heteroatoms. The summed E-state index contributed by atoms with van der Waals surface area (Å²) in [5.74, 6) is -0.169. The van der Waals surface area contributed by atoms with E-state index >= 15 is 0 Å². The Morgan fingerprint density at radius 3 is 2.96 bits per heavy atom. The van der Waals surface area contributed by atoms with Crippen molar-refractivity contribution in [3.05, 3.63) is 65.2 Å². The highest BCUT2D eigenvalue weighted by molar-refractivity contribution is 6.99. The number of hydrogen-bond donors (Lipinski definition) is 1. The molecule has 2 aromatic heterocycles. The molecule has 1 aliphatic carbocycles. The molecule has 1 amide bonds. The van der Waals surface area contributed by atoms with Gasteiger partial charge in [-0.3, -0.25) is 9.48 Å². The van der Waals surface area contributed by atoms with E-state index in [1.165, 1.54) is 17.5 Å². The molecule has 0 bridgehead atoms. The smallest absolute Gasteiger partial charge is 0.273 e. The third kappa shape index (κ3) is 2.94. The van der Waals surface area contributed by atoms with Crippen molar-refractivity contribution in [1.82, 2.24) is 23.8 Å². The van der Waals surface area contributed by atoms with E-state index in [4.69, 9.17) is 0 Å². The first-order valence-electron chi connectivity index (χ1n) is 7.98. The molecule has 1 atom stereocenters. The van der Waals surface area contributed by atoms with Crippen LogP contribution in [-0.4, -0.2) is 24.4 Å². The molecule has 0 fully saturated rings. The second-order valence-corrected chi connectivity index (χ2v) is 6.46. The predicted octanol–water partition coefficient (Wildman–Crippen LogP) is 2.59. The SMILES string of the molecule is O=C(N[C@H]1CCCc2c1cnn2Cc1ccccc1)c1cnsn1. The van der Waals surface area contributed by atoms with E-state index in [2.05, 4.69) is 31.3 Å². The van der Waals surface area contributed by atoms with Crippen molar-refractivity contribution in [2.75, 3.05) is 0 Å². The number of benzene rings is 1. The monoisotopic (exact) mass is 339 g/mol. The highest BCUT2D eigenvalue weighted by Gasteiger charge is 2.26. The molecule has 0 aliphatic heterocycles. The number of carbonyl (C=O) groups is 1. The molecule has 0 unspecified atom stereocenters. The molecule has 122 valence electrons. The standard InChI is InChI=1S/C17H17N5OS/c23-17(15-10-19-24-21-15)20-14-7-4-8-16-13(14)9-18-22(16)11-12-5-2-1-3-6-12/h1-3,5-6,9-10,14H,4,7-8,11H2,(H,20,23)/t14-/m0/s1. The van der Waals surface area contributed by atoms with Gasteiger partial charge in [0.15, 0.2) is 5.69 Å². The Morgan fingerprint density at radius 2 is 2.17 bits per heavy atom. The first-order chi connectivity index (χ1) is 11.8. The van der Waals surface area contributed by atoms with E-state index in [0.29, 0.717) is 5.69 Å². The lowest BCUT2D eigenvalue weighted by Crippen LogP contribution is -2.31. The van der Waals surface area contributed by atoms with Gasteiger partial charge in [-0.05, 0) is 24.8 Å². The van der Waals surface area contributed by atoms with Crippen LogP contribution in [0.15, 0.2) is 42.7 Å². The fourth-order valence-corrected chi connectivity index (χ4v) is 3.57. The molecule has 1 N–H and O–H groups in total. The molecule has 0 radical (unpaired) electrons. The molecule has 1 aliphatic rings. The first kappa shape index (κ1) is 15.0. The summed E-state index contributed by atoms with van der Waals surface area (Å²) < 4.78 is 9.93. The summed E-state index contributed by atoms with van der Waals surface area (Å²) in [6.45, 7) is 0.757. The maximum atomic E-state index is 12.2.